The molecule has 0 saturated carbocycles. The number of nitrogens with one attached hydrogen (secondary N) is 1. The molecule has 0 heterocycles. The molecule has 0 fully saturated rings. The third-order valence-electron chi connectivity index (χ3n) is 2.80. The number of hydrogen-bond acceptors (Lipinski definition) is 3. The van der Waals surface area contributed by atoms with E-state index >= 15 is 0 Å². The molecule has 4 heteroatoms. The highest BCUT2D eigenvalue weighted by Gasteiger charge is 2.03. The first-order valence-electron chi connectivity index (χ1n) is 6.54. The summed E-state index contributed by atoms with van der Waals surface area (Å²) >= 11 is 0. The van der Waals surface area contributed by atoms with Gasteiger partial charge in [0.05, 0.1) is 0 Å². The zero-order chi connectivity index (χ0) is 13.2. The third-order valence-corrected chi connectivity index (χ3v) is 2.80. The second-order valence-electron chi connectivity index (χ2n) is 4.16. The van der Waals surface area contributed by atoms with Gasteiger partial charge in [-0.05, 0) is 25.5 Å². The Labute approximate surface area is 109 Å². The Morgan fingerprint density at radius 2 is 2.06 bits per heavy atom. The van der Waals surface area contributed by atoms with Gasteiger partial charge < -0.3 is 16.0 Å². The first-order chi connectivity index (χ1) is 8.77. The number of nitrogens with zero attached hydrogens (tertiary/aromatic N) is 1. The van der Waals surface area contributed by atoms with Crippen LogP contribution in [0, 0.1) is 0 Å². The minimum Gasteiger partial charge on any atom is -0.372 e. The number of carbonyl (C=O) groups excluding carboxylic acids is 1. The van der Waals surface area contributed by atoms with Gasteiger partial charge in [-0.15, -0.1) is 0 Å². The summed E-state index contributed by atoms with van der Waals surface area (Å²) < 4.78 is 0. The van der Waals surface area contributed by atoms with Gasteiger partial charge in [-0.25, -0.2) is 0 Å². The van der Waals surface area contributed by atoms with Crippen molar-refractivity contribution in [3.05, 3.63) is 30.3 Å². The lowest BCUT2D eigenvalue weighted by Gasteiger charge is -2.23. The smallest absolute Gasteiger partial charge is 0.221 e. The summed E-state index contributed by atoms with van der Waals surface area (Å²) in [7, 11) is 0. The van der Waals surface area contributed by atoms with E-state index in [1.54, 1.807) is 0 Å². The van der Waals surface area contributed by atoms with E-state index in [4.69, 9.17) is 5.73 Å². The van der Waals surface area contributed by atoms with Crippen LogP contribution in [0.4, 0.5) is 5.69 Å². The number of para-hydroxylation sites is 1. The fraction of sp³-hybridized carbons (Fsp3) is 0.500. The number of nitrogens with two attached hydrogens (primary N) is 1. The molecular formula is C14H23N3O. The quantitative estimate of drug-likeness (QED) is 0.684. The SMILES string of the molecule is CCN(CCCNC(=O)CCN)c1ccccc1. The Bertz CT molecular complexity index is 340. The summed E-state index contributed by atoms with van der Waals surface area (Å²) in [6.45, 7) is 5.18. The molecule has 1 amide bonds. The molecule has 0 aliphatic carbocycles. The molecule has 1 aromatic rings. The molecular weight excluding hydrogens is 226 g/mol. The van der Waals surface area contributed by atoms with Crippen LogP contribution in [0.5, 0.6) is 0 Å². The van der Waals surface area contributed by atoms with Gasteiger partial charge in [0.15, 0.2) is 0 Å². The summed E-state index contributed by atoms with van der Waals surface area (Å²) in [5, 5.41) is 2.87. The minimum absolute atomic E-state index is 0.0419. The number of anilines is 1. The summed E-state index contributed by atoms with van der Waals surface area (Å²) in [5.41, 5.74) is 6.54. The first-order valence-corrected chi connectivity index (χ1v) is 6.54. The lowest BCUT2D eigenvalue weighted by atomic mass is 10.2. The molecule has 0 bridgehead atoms. The highest BCUT2D eigenvalue weighted by atomic mass is 16.1. The molecule has 3 N–H and O–H groups in total. The van der Waals surface area contributed by atoms with Gasteiger partial charge in [0, 0.05) is 38.3 Å². The van der Waals surface area contributed by atoms with Crippen molar-refractivity contribution in [1.29, 1.82) is 0 Å². The zero-order valence-corrected chi connectivity index (χ0v) is 11.1. The molecule has 0 atom stereocenters. The molecule has 0 saturated heterocycles. The van der Waals surface area contributed by atoms with Crippen LogP contribution in [-0.2, 0) is 4.79 Å². The first kappa shape index (κ1) is 14.5. The summed E-state index contributed by atoms with van der Waals surface area (Å²) in [6, 6.07) is 10.3. The molecule has 0 aliphatic rings. The van der Waals surface area contributed by atoms with E-state index in [1.807, 2.05) is 18.2 Å². The van der Waals surface area contributed by atoms with E-state index in [1.165, 1.54) is 5.69 Å². The molecule has 0 unspecified atom stereocenters. The van der Waals surface area contributed by atoms with Crippen molar-refractivity contribution in [2.75, 3.05) is 31.1 Å². The molecule has 18 heavy (non-hydrogen) atoms. The maximum absolute atomic E-state index is 11.2. The molecule has 100 valence electrons. The van der Waals surface area contributed by atoms with Crippen LogP contribution in [-0.4, -0.2) is 32.1 Å². The van der Waals surface area contributed by atoms with Crippen LogP contribution in [0.15, 0.2) is 30.3 Å². The average molecular weight is 249 g/mol. The van der Waals surface area contributed by atoms with Gasteiger partial charge in [0.25, 0.3) is 0 Å². The largest absolute Gasteiger partial charge is 0.372 e. The monoisotopic (exact) mass is 249 g/mol. The maximum atomic E-state index is 11.2. The normalized spacial score (nSPS) is 10.1. The Hall–Kier alpha value is -1.55. The van der Waals surface area contributed by atoms with Gasteiger partial charge >= 0.3 is 0 Å². The molecule has 0 aliphatic heterocycles. The summed E-state index contributed by atoms with van der Waals surface area (Å²) in [6.07, 6.45) is 1.36. The van der Waals surface area contributed by atoms with Crippen molar-refractivity contribution in [2.45, 2.75) is 19.8 Å². The van der Waals surface area contributed by atoms with E-state index < -0.39 is 0 Å². The van der Waals surface area contributed by atoms with Gasteiger partial charge in [0.1, 0.15) is 0 Å². The van der Waals surface area contributed by atoms with E-state index in [-0.39, 0.29) is 5.91 Å². The van der Waals surface area contributed by atoms with Crippen molar-refractivity contribution in [2.24, 2.45) is 5.73 Å². The lowest BCUT2D eigenvalue weighted by molar-refractivity contribution is -0.120. The highest BCUT2D eigenvalue weighted by molar-refractivity contribution is 5.75. The number of rotatable bonds is 8. The van der Waals surface area contributed by atoms with E-state index in [9.17, 15) is 4.79 Å². The van der Waals surface area contributed by atoms with Crippen LogP contribution in [0.2, 0.25) is 0 Å². The predicted molar refractivity (Wildman–Crippen MR) is 75.6 cm³/mol. The Morgan fingerprint density at radius 1 is 1.33 bits per heavy atom. The van der Waals surface area contributed by atoms with Gasteiger partial charge in [0.2, 0.25) is 5.91 Å². The van der Waals surface area contributed by atoms with Crippen molar-refractivity contribution in [3.63, 3.8) is 0 Å². The second-order valence-corrected chi connectivity index (χ2v) is 4.16. The van der Waals surface area contributed by atoms with Gasteiger partial charge in [-0.3, -0.25) is 4.79 Å². The van der Waals surface area contributed by atoms with E-state index in [0.717, 1.165) is 19.5 Å². The zero-order valence-electron chi connectivity index (χ0n) is 11.1. The van der Waals surface area contributed by atoms with Crippen LogP contribution in [0.1, 0.15) is 19.8 Å². The predicted octanol–water partition coefficient (Wildman–Crippen LogP) is 1.37. The number of carbonyl (C=O) groups is 1. The van der Waals surface area contributed by atoms with E-state index in [0.29, 0.717) is 19.5 Å². The van der Waals surface area contributed by atoms with Crippen molar-refractivity contribution < 1.29 is 4.79 Å². The van der Waals surface area contributed by atoms with Crippen LogP contribution < -0.4 is 16.0 Å². The van der Waals surface area contributed by atoms with Crippen molar-refractivity contribution in [1.82, 2.24) is 5.32 Å². The Balaban J connectivity index is 2.26. The Kier molecular flexibility index (Phi) is 6.87. The molecule has 4 nitrogen and oxygen atoms in total. The molecule has 0 radical (unpaired) electrons. The number of amides is 1. The number of benzene rings is 1. The third kappa shape index (κ3) is 5.19. The van der Waals surface area contributed by atoms with Crippen molar-refractivity contribution in [3.8, 4) is 0 Å². The van der Waals surface area contributed by atoms with Gasteiger partial charge in [-0.1, -0.05) is 18.2 Å². The lowest BCUT2D eigenvalue weighted by Crippen LogP contribution is -2.30. The van der Waals surface area contributed by atoms with Gasteiger partial charge in [-0.2, -0.15) is 0 Å². The molecule has 1 rings (SSSR count). The minimum atomic E-state index is 0.0419. The summed E-state index contributed by atoms with van der Waals surface area (Å²) in [5.74, 6) is 0.0419. The van der Waals surface area contributed by atoms with E-state index in [2.05, 4.69) is 29.3 Å². The fourth-order valence-electron chi connectivity index (χ4n) is 1.83. The standard InChI is InChI=1S/C14H23N3O/c1-2-17(13-7-4-3-5-8-13)12-6-11-16-14(18)9-10-15/h3-5,7-8H,2,6,9-12,15H2,1H3,(H,16,18). The van der Waals surface area contributed by atoms with Crippen LogP contribution in [0.25, 0.3) is 0 Å². The molecule has 0 spiro atoms. The topological polar surface area (TPSA) is 58.4 Å². The number of hydrogen-bond donors (Lipinski definition) is 2. The maximum Gasteiger partial charge on any atom is 0.221 e. The highest BCUT2D eigenvalue weighted by Crippen LogP contribution is 2.12. The molecule has 0 aromatic heterocycles. The van der Waals surface area contributed by atoms with Crippen LogP contribution in [0.3, 0.4) is 0 Å². The second kappa shape index (κ2) is 8.53. The van der Waals surface area contributed by atoms with Crippen molar-refractivity contribution >= 4 is 11.6 Å². The fourth-order valence-corrected chi connectivity index (χ4v) is 1.83. The Morgan fingerprint density at radius 3 is 2.67 bits per heavy atom. The summed E-state index contributed by atoms with van der Waals surface area (Å²) in [4.78, 5) is 13.5. The molecule has 1 aromatic carbocycles. The van der Waals surface area contributed by atoms with Crippen LogP contribution >= 0.6 is 0 Å². The average Bonchev–Trinajstić information content (AvgIpc) is 2.40.